The van der Waals surface area contributed by atoms with Crippen molar-refractivity contribution in [2.24, 2.45) is 0 Å². The lowest BCUT2D eigenvalue weighted by atomic mass is 10.3. The van der Waals surface area contributed by atoms with Crippen molar-refractivity contribution in [3.8, 4) is 0 Å². The van der Waals surface area contributed by atoms with Gasteiger partial charge >= 0.3 is 0 Å². The molecule has 10 heavy (non-hydrogen) atoms. The predicted octanol–water partition coefficient (Wildman–Crippen LogP) is -0.344. The molecule has 0 aliphatic carbocycles. The lowest BCUT2D eigenvalue weighted by Crippen LogP contribution is -2.40. The van der Waals surface area contributed by atoms with Crippen molar-refractivity contribution in [2.75, 3.05) is 6.54 Å². The first kappa shape index (κ1) is 9.13. The molecule has 3 N–H and O–H groups in total. The maximum atomic E-state index is 10.8. The molecular weight excluding hydrogens is 132 g/mol. The van der Waals surface area contributed by atoms with Gasteiger partial charge in [0.05, 0.1) is 0 Å². The van der Waals surface area contributed by atoms with E-state index >= 15 is 0 Å². The average molecular weight is 144 g/mol. The van der Waals surface area contributed by atoms with Crippen LogP contribution in [-0.2, 0) is 4.79 Å². The number of carbonyl (C=O) groups is 1. The lowest BCUT2D eigenvalue weighted by molar-refractivity contribution is -0.124. The third kappa shape index (κ3) is 3.21. The molecule has 0 spiro atoms. The van der Waals surface area contributed by atoms with Crippen molar-refractivity contribution >= 4 is 5.91 Å². The van der Waals surface area contributed by atoms with Gasteiger partial charge in [0.1, 0.15) is 6.04 Å². The van der Waals surface area contributed by atoms with E-state index in [-0.39, 0.29) is 5.91 Å². The topological polar surface area (TPSA) is 61.4 Å². The molecule has 1 amide bonds. The Bertz CT molecular complexity index is 125. The summed E-state index contributed by atoms with van der Waals surface area (Å²) in [7, 11) is 0. The fourth-order valence-corrected chi connectivity index (χ4v) is 0.384. The highest BCUT2D eigenvalue weighted by Crippen LogP contribution is 1.77. The molecule has 0 bridgehead atoms. The first-order chi connectivity index (χ1) is 4.72. The highest BCUT2D eigenvalue weighted by Gasteiger charge is 2.08. The van der Waals surface area contributed by atoms with Gasteiger partial charge in [-0.1, -0.05) is 6.08 Å². The van der Waals surface area contributed by atoms with Crippen LogP contribution in [0.25, 0.3) is 0 Å². The smallest absolute Gasteiger partial charge is 0.239 e. The minimum absolute atomic E-state index is 0.248. The molecule has 0 aromatic rings. The molecule has 58 valence electrons. The average Bonchev–Trinajstić information content (AvgIpc) is 1.98. The van der Waals surface area contributed by atoms with Gasteiger partial charge in [0.15, 0.2) is 0 Å². The second kappa shape index (κ2) is 4.96. The summed E-state index contributed by atoms with van der Waals surface area (Å²) in [6.45, 7) is 5.40. The second-order valence-electron chi connectivity index (χ2n) is 1.88. The van der Waals surface area contributed by atoms with Gasteiger partial charge in [-0.05, 0) is 6.92 Å². The molecule has 0 saturated carbocycles. The molecule has 1 unspecified atom stereocenters. The molecule has 4 nitrogen and oxygen atoms in total. The van der Waals surface area contributed by atoms with Crippen molar-refractivity contribution in [1.29, 1.82) is 0 Å². The Kier molecular flexibility index (Phi) is 4.53. The summed E-state index contributed by atoms with van der Waals surface area (Å²) in [5.41, 5.74) is 1.83. The minimum atomic E-state index is -0.569. The third-order valence-electron chi connectivity index (χ3n) is 1.01. The first-order valence-corrected chi connectivity index (χ1v) is 3.00. The minimum Gasteiger partial charge on any atom is -0.351 e. The lowest BCUT2D eigenvalue weighted by Gasteiger charge is -2.07. The van der Waals surface area contributed by atoms with Gasteiger partial charge in [-0.25, -0.2) is 0 Å². The molecule has 0 fully saturated rings. The number of carbonyl (C=O) groups excluding carboxylic acids is 1. The van der Waals surface area contributed by atoms with E-state index in [1.807, 2.05) is 5.48 Å². The maximum absolute atomic E-state index is 10.8. The molecule has 4 heteroatoms. The van der Waals surface area contributed by atoms with Crippen LogP contribution in [0.2, 0.25) is 0 Å². The predicted molar refractivity (Wildman–Crippen MR) is 37.6 cm³/mol. The Morgan fingerprint density at radius 3 is 2.90 bits per heavy atom. The zero-order valence-electron chi connectivity index (χ0n) is 5.92. The van der Waals surface area contributed by atoms with E-state index in [0.29, 0.717) is 6.54 Å². The molecule has 0 heterocycles. The van der Waals surface area contributed by atoms with Crippen LogP contribution >= 0.6 is 0 Å². The molecule has 0 radical (unpaired) electrons. The van der Waals surface area contributed by atoms with Crippen molar-refractivity contribution in [1.82, 2.24) is 10.8 Å². The molecule has 0 aliphatic heterocycles. The second-order valence-corrected chi connectivity index (χ2v) is 1.88. The van der Waals surface area contributed by atoms with Crippen molar-refractivity contribution < 1.29 is 10.0 Å². The van der Waals surface area contributed by atoms with Crippen LogP contribution in [0.15, 0.2) is 12.7 Å². The fourth-order valence-electron chi connectivity index (χ4n) is 0.384. The van der Waals surface area contributed by atoms with Crippen LogP contribution in [0.3, 0.4) is 0 Å². The monoisotopic (exact) mass is 144 g/mol. The number of amides is 1. The largest absolute Gasteiger partial charge is 0.351 e. The van der Waals surface area contributed by atoms with Gasteiger partial charge in [-0.2, -0.15) is 5.48 Å². The zero-order valence-corrected chi connectivity index (χ0v) is 5.92. The molecule has 0 aliphatic rings. The highest BCUT2D eigenvalue weighted by molar-refractivity contribution is 5.81. The summed E-state index contributed by atoms with van der Waals surface area (Å²) >= 11 is 0. The summed E-state index contributed by atoms with van der Waals surface area (Å²) in [6, 6.07) is -0.569. The number of rotatable bonds is 4. The Morgan fingerprint density at radius 1 is 1.90 bits per heavy atom. The van der Waals surface area contributed by atoms with Crippen LogP contribution in [0.5, 0.6) is 0 Å². The SMILES string of the molecule is C=CCNC(=O)C(C)NO. The van der Waals surface area contributed by atoms with E-state index in [0.717, 1.165) is 0 Å². The quantitative estimate of drug-likeness (QED) is 0.373. The van der Waals surface area contributed by atoms with E-state index in [1.165, 1.54) is 0 Å². The van der Waals surface area contributed by atoms with E-state index in [2.05, 4.69) is 11.9 Å². The van der Waals surface area contributed by atoms with Gasteiger partial charge in [-0.3, -0.25) is 4.79 Å². The summed E-state index contributed by atoms with van der Waals surface area (Å²) in [5, 5.41) is 10.8. The molecule has 0 rings (SSSR count). The van der Waals surface area contributed by atoms with Crippen molar-refractivity contribution in [2.45, 2.75) is 13.0 Å². The molecular formula is C6H12N2O2. The van der Waals surface area contributed by atoms with E-state index in [4.69, 9.17) is 5.21 Å². The molecule has 1 atom stereocenters. The van der Waals surface area contributed by atoms with Gasteiger partial charge in [-0.15, -0.1) is 6.58 Å². The van der Waals surface area contributed by atoms with Crippen LogP contribution in [-0.4, -0.2) is 23.7 Å². The Morgan fingerprint density at radius 2 is 2.50 bits per heavy atom. The Balaban J connectivity index is 3.51. The number of hydrogen-bond acceptors (Lipinski definition) is 3. The normalized spacial score (nSPS) is 12.2. The van der Waals surface area contributed by atoms with E-state index in [1.54, 1.807) is 13.0 Å². The van der Waals surface area contributed by atoms with E-state index in [9.17, 15) is 4.79 Å². The van der Waals surface area contributed by atoms with Crippen LogP contribution in [0, 0.1) is 0 Å². The summed E-state index contributed by atoms with van der Waals surface area (Å²) in [6.07, 6.45) is 1.57. The summed E-state index contributed by atoms with van der Waals surface area (Å²) in [4.78, 5) is 10.8. The highest BCUT2D eigenvalue weighted by atomic mass is 16.5. The van der Waals surface area contributed by atoms with Crippen LogP contribution < -0.4 is 10.8 Å². The standard InChI is InChI=1S/C6H12N2O2/c1-3-4-7-6(9)5(2)8-10/h3,5,8,10H,1,4H2,2H3,(H,7,9). The van der Waals surface area contributed by atoms with Gasteiger partial charge < -0.3 is 10.5 Å². The van der Waals surface area contributed by atoms with Crippen molar-refractivity contribution in [3.63, 3.8) is 0 Å². The Hall–Kier alpha value is -0.870. The van der Waals surface area contributed by atoms with Crippen LogP contribution in [0.4, 0.5) is 0 Å². The maximum Gasteiger partial charge on any atom is 0.239 e. The number of nitrogens with one attached hydrogen (secondary N) is 2. The number of hydrogen-bond donors (Lipinski definition) is 3. The van der Waals surface area contributed by atoms with Crippen LogP contribution in [0.1, 0.15) is 6.92 Å². The number of hydroxylamine groups is 1. The zero-order chi connectivity index (χ0) is 7.98. The molecule has 0 saturated heterocycles. The summed E-state index contributed by atoms with van der Waals surface area (Å²) in [5.74, 6) is -0.248. The van der Waals surface area contributed by atoms with Crippen molar-refractivity contribution in [3.05, 3.63) is 12.7 Å². The summed E-state index contributed by atoms with van der Waals surface area (Å²) < 4.78 is 0. The fraction of sp³-hybridized carbons (Fsp3) is 0.500. The first-order valence-electron chi connectivity index (χ1n) is 3.00. The molecule has 0 aromatic heterocycles. The third-order valence-corrected chi connectivity index (χ3v) is 1.01. The molecule has 0 aromatic carbocycles. The van der Waals surface area contributed by atoms with E-state index < -0.39 is 6.04 Å². The Labute approximate surface area is 59.9 Å². The van der Waals surface area contributed by atoms with Gasteiger partial charge in [0, 0.05) is 6.54 Å². The van der Waals surface area contributed by atoms with Gasteiger partial charge in [0.2, 0.25) is 5.91 Å². The van der Waals surface area contributed by atoms with Gasteiger partial charge in [0.25, 0.3) is 0 Å².